The van der Waals surface area contributed by atoms with E-state index in [-0.39, 0.29) is 24.5 Å². The lowest BCUT2D eigenvalue weighted by atomic mass is 9.96. The molecule has 2 N–H and O–H groups in total. The summed E-state index contributed by atoms with van der Waals surface area (Å²) in [6.45, 7) is 1.35. The molecule has 0 aromatic carbocycles. The molecule has 2 aliphatic rings. The highest BCUT2D eigenvalue weighted by molar-refractivity contribution is 5.79. The zero-order valence-corrected chi connectivity index (χ0v) is 13.3. The molecule has 6 nitrogen and oxygen atoms in total. The molecule has 1 saturated heterocycles. The van der Waals surface area contributed by atoms with Crippen LogP contribution in [0.2, 0.25) is 0 Å². The number of amides is 1. The van der Waals surface area contributed by atoms with Crippen LogP contribution in [-0.4, -0.2) is 46.7 Å². The summed E-state index contributed by atoms with van der Waals surface area (Å²) in [4.78, 5) is 22.8. The summed E-state index contributed by atoms with van der Waals surface area (Å²) in [5.74, 6) is 0.721. The molecule has 0 unspecified atom stereocenters. The van der Waals surface area contributed by atoms with Crippen molar-refractivity contribution < 1.29 is 9.90 Å². The van der Waals surface area contributed by atoms with Gasteiger partial charge in [-0.25, -0.2) is 9.97 Å². The quantitative estimate of drug-likeness (QED) is 0.800. The zero-order valence-electron chi connectivity index (χ0n) is 13.3. The zero-order chi connectivity index (χ0) is 16.1. The number of allylic oxidation sites excluding steroid dienone is 1. The van der Waals surface area contributed by atoms with Gasteiger partial charge in [0, 0.05) is 44.4 Å². The fourth-order valence-electron chi connectivity index (χ4n) is 3.37. The van der Waals surface area contributed by atoms with Crippen molar-refractivity contribution in [2.24, 2.45) is 5.92 Å². The molecule has 6 heteroatoms. The average molecular weight is 316 g/mol. The second kappa shape index (κ2) is 7.55. The highest BCUT2D eigenvalue weighted by Crippen LogP contribution is 2.22. The van der Waals surface area contributed by atoms with Gasteiger partial charge in [-0.2, -0.15) is 0 Å². The van der Waals surface area contributed by atoms with Gasteiger partial charge in [0.25, 0.3) is 0 Å². The van der Waals surface area contributed by atoms with E-state index in [0.717, 1.165) is 12.8 Å². The minimum absolute atomic E-state index is 0.0168. The molecule has 0 radical (unpaired) electrons. The van der Waals surface area contributed by atoms with Crippen LogP contribution in [0.4, 0.5) is 5.95 Å². The van der Waals surface area contributed by atoms with E-state index in [1.54, 1.807) is 18.5 Å². The highest BCUT2D eigenvalue weighted by Gasteiger charge is 2.34. The van der Waals surface area contributed by atoms with E-state index in [1.165, 1.54) is 18.4 Å². The fraction of sp³-hybridized carbons (Fsp3) is 0.588. The number of nitrogens with zero attached hydrogens (tertiary/aromatic N) is 3. The van der Waals surface area contributed by atoms with Crippen molar-refractivity contribution in [2.45, 2.75) is 38.1 Å². The van der Waals surface area contributed by atoms with E-state index in [1.807, 2.05) is 4.90 Å². The highest BCUT2D eigenvalue weighted by atomic mass is 16.3. The van der Waals surface area contributed by atoms with E-state index in [0.29, 0.717) is 25.5 Å². The SMILES string of the molecule is O=C(CC1=CCCCC1)N[C@@H]1CN(c2ncccn2)C[C@H]1CO. The summed E-state index contributed by atoms with van der Waals surface area (Å²) in [5.41, 5.74) is 1.25. The lowest BCUT2D eigenvalue weighted by Crippen LogP contribution is -2.41. The van der Waals surface area contributed by atoms with Gasteiger partial charge in [-0.05, 0) is 31.7 Å². The molecule has 1 aliphatic carbocycles. The first-order valence-corrected chi connectivity index (χ1v) is 8.36. The van der Waals surface area contributed by atoms with Crippen LogP contribution < -0.4 is 10.2 Å². The number of anilines is 1. The third-order valence-corrected chi connectivity index (χ3v) is 4.63. The second-order valence-corrected chi connectivity index (χ2v) is 6.36. The van der Waals surface area contributed by atoms with Gasteiger partial charge >= 0.3 is 0 Å². The van der Waals surface area contributed by atoms with Gasteiger partial charge in [0.05, 0.1) is 6.04 Å². The van der Waals surface area contributed by atoms with Gasteiger partial charge in [-0.3, -0.25) is 4.79 Å². The molecule has 23 heavy (non-hydrogen) atoms. The van der Waals surface area contributed by atoms with Crippen molar-refractivity contribution in [3.05, 3.63) is 30.1 Å². The number of carbonyl (C=O) groups excluding carboxylic acids is 1. The van der Waals surface area contributed by atoms with E-state index in [9.17, 15) is 9.90 Å². The summed E-state index contributed by atoms with van der Waals surface area (Å²) in [7, 11) is 0. The van der Waals surface area contributed by atoms with Crippen molar-refractivity contribution in [1.82, 2.24) is 15.3 Å². The molecular weight excluding hydrogens is 292 g/mol. The van der Waals surface area contributed by atoms with Gasteiger partial charge in [0.15, 0.2) is 0 Å². The monoisotopic (exact) mass is 316 g/mol. The summed E-state index contributed by atoms with van der Waals surface area (Å²) in [6, 6.07) is 1.72. The molecular formula is C17H24N4O2. The maximum atomic E-state index is 12.3. The molecule has 2 heterocycles. The Bertz CT molecular complexity index is 561. The van der Waals surface area contributed by atoms with Crippen molar-refractivity contribution in [1.29, 1.82) is 0 Å². The van der Waals surface area contributed by atoms with Gasteiger partial charge < -0.3 is 15.3 Å². The molecule has 2 atom stereocenters. The number of aliphatic hydroxyl groups is 1. The Hall–Kier alpha value is -1.95. The fourth-order valence-corrected chi connectivity index (χ4v) is 3.37. The van der Waals surface area contributed by atoms with Crippen molar-refractivity contribution >= 4 is 11.9 Å². The maximum Gasteiger partial charge on any atom is 0.225 e. The minimum Gasteiger partial charge on any atom is -0.396 e. The lowest BCUT2D eigenvalue weighted by Gasteiger charge is -2.19. The van der Waals surface area contributed by atoms with Crippen LogP contribution in [0, 0.1) is 5.92 Å². The Morgan fingerprint density at radius 1 is 1.30 bits per heavy atom. The number of hydrogen-bond donors (Lipinski definition) is 2. The standard InChI is InChI=1S/C17H24N4O2/c22-12-14-10-21(17-18-7-4-8-19-17)11-15(14)20-16(23)9-13-5-2-1-3-6-13/h4-5,7-8,14-15,22H,1-3,6,9-12H2,(H,20,23)/t14-,15+/m0/s1. The third-order valence-electron chi connectivity index (χ3n) is 4.63. The second-order valence-electron chi connectivity index (χ2n) is 6.36. The summed E-state index contributed by atoms with van der Waals surface area (Å²) in [5, 5.41) is 12.7. The smallest absolute Gasteiger partial charge is 0.225 e. The number of rotatable bonds is 5. The first-order valence-electron chi connectivity index (χ1n) is 8.36. The van der Waals surface area contributed by atoms with Crippen LogP contribution in [0.15, 0.2) is 30.1 Å². The van der Waals surface area contributed by atoms with Crippen LogP contribution in [0.5, 0.6) is 0 Å². The van der Waals surface area contributed by atoms with Crippen LogP contribution >= 0.6 is 0 Å². The van der Waals surface area contributed by atoms with Crippen molar-refractivity contribution in [2.75, 3.05) is 24.6 Å². The number of nitrogens with one attached hydrogen (secondary N) is 1. The number of aromatic nitrogens is 2. The van der Waals surface area contributed by atoms with Crippen LogP contribution in [-0.2, 0) is 4.79 Å². The normalized spacial score (nSPS) is 24.4. The van der Waals surface area contributed by atoms with Crippen molar-refractivity contribution in [3.8, 4) is 0 Å². The van der Waals surface area contributed by atoms with E-state index < -0.39 is 0 Å². The van der Waals surface area contributed by atoms with Crippen molar-refractivity contribution in [3.63, 3.8) is 0 Å². The Labute approximate surface area is 136 Å². The molecule has 1 aromatic heterocycles. The molecule has 1 aliphatic heterocycles. The van der Waals surface area contributed by atoms with Gasteiger partial charge in [0.2, 0.25) is 11.9 Å². The number of hydrogen-bond acceptors (Lipinski definition) is 5. The lowest BCUT2D eigenvalue weighted by molar-refractivity contribution is -0.121. The molecule has 0 bridgehead atoms. The van der Waals surface area contributed by atoms with Crippen LogP contribution in [0.1, 0.15) is 32.1 Å². The number of carbonyl (C=O) groups is 1. The topological polar surface area (TPSA) is 78.4 Å². The Balaban J connectivity index is 1.58. The predicted octanol–water partition coefficient (Wildman–Crippen LogP) is 1.28. The minimum atomic E-state index is -0.0551. The average Bonchev–Trinajstić information content (AvgIpc) is 2.99. The summed E-state index contributed by atoms with van der Waals surface area (Å²) >= 11 is 0. The molecule has 0 saturated carbocycles. The largest absolute Gasteiger partial charge is 0.396 e. The van der Waals surface area contributed by atoms with Gasteiger partial charge in [0.1, 0.15) is 0 Å². The molecule has 0 spiro atoms. The first kappa shape index (κ1) is 15.9. The molecule has 3 rings (SSSR count). The predicted molar refractivity (Wildman–Crippen MR) is 87.9 cm³/mol. The van der Waals surface area contributed by atoms with Crippen LogP contribution in [0.3, 0.4) is 0 Å². The molecule has 124 valence electrons. The van der Waals surface area contributed by atoms with E-state index in [2.05, 4.69) is 21.4 Å². The molecule has 1 amide bonds. The summed E-state index contributed by atoms with van der Waals surface area (Å²) < 4.78 is 0. The summed E-state index contributed by atoms with van der Waals surface area (Å²) in [6.07, 6.45) is 10.6. The maximum absolute atomic E-state index is 12.3. The Morgan fingerprint density at radius 3 is 2.83 bits per heavy atom. The van der Waals surface area contributed by atoms with E-state index >= 15 is 0 Å². The van der Waals surface area contributed by atoms with Crippen LogP contribution in [0.25, 0.3) is 0 Å². The Kier molecular flexibility index (Phi) is 5.23. The first-order chi connectivity index (χ1) is 11.3. The Morgan fingerprint density at radius 2 is 2.13 bits per heavy atom. The van der Waals surface area contributed by atoms with Gasteiger partial charge in [-0.1, -0.05) is 11.6 Å². The van der Waals surface area contributed by atoms with E-state index in [4.69, 9.17) is 0 Å². The third kappa shape index (κ3) is 4.07. The number of aliphatic hydroxyl groups excluding tert-OH is 1. The van der Waals surface area contributed by atoms with Gasteiger partial charge in [-0.15, -0.1) is 0 Å². The molecule has 1 aromatic rings. The molecule has 1 fully saturated rings.